The Morgan fingerprint density at radius 3 is 2.84 bits per heavy atom. The van der Waals surface area contributed by atoms with Gasteiger partial charge in [-0.3, -0.25) is 14.6 Å². The molecule has 1 fully saturated rings. The molecule has 1 saturated heterocycles. The molecule has 0 aliphatic carbocycles. The van der Waals surface area contributed by atoms with Crippen molar-refractivity contribution in [2.45, 2.75) is 6.10 Å². The smallest absolute Gasteiger partial charge is 0.273 e. The first-order chi connectivity index (χ1) is 15.2. The first kappa shape index (κ1) is 20.2. The maximum absolute atomic E-state index is 13.7. The Labute approximate surface area is 182 Å². The van der Waals surface area contributed by atoms with Crippen molar-refractivity contribution in [3.63, 3.8) is 0 Å². The number of ether oxygens (including phenoxy) is 3. The average Bonchev–Trinajstić information content (AvgIpc) is 3.22. The summed E-state index contributed by atoms with van der Waals surface area (Å²) in [4.78, 5) is 22.0. The fourth-order valence-electron chi connectivity index (χ4n) is 3.68. The molecule has 1 amide bonds. The highest BCUT2D eigenvalue weighted by atomic mass is 32.1. The van der Waals surface area contributed by atoms with E-state index in [-0.39, 0.29) is 18.3 Å². The number of hydrogen-bond donors (Lipinski definition) is 0. The molecule has 0 saturated carbocycles. The third-order valence-corrected chi connectivity index (χ3v) is 6.40. The highest BCUT2D eigenvalue weighted by molar-refractivity contribution is 7.22. The number of para-hydroxylation sites is 2. The molecule has 0 bridgehead atoms. The second-order valence-electron chi connectivity index (χ2n) is 7.42. The number of benzene rings is 2. The summed E-state index contributed by atoms with van der Waals surface area (Å²) in [7, 11) is 0. The lowest BCUT2D eigenvalue weighted by Gasteiger charge is -2.32. The molecule has 0 N–H and O–H groups in total. The van der Waals surface area contributed by atoms with Crippen molar-refractivity contribution in [1.29, 1.82) is 0 Å². The van der Waals surface area contributed by atoms with E-state index in [0.29, 0.717) is 53.2 Å². The molecule has 162 valence electrons. The van der Waals surface area contributed by atoms with E-state index in [0.717, 1.165) is 13.1 Å². The third kappa shape index (κ3) is 4.34. The second kappa shape index (κ2) is 8.78. The number of rotatable bonds is 5. The largest absolute Gasteiger partial charge is 0.485 e. The summed E-state index contributed by atoms with van der Waals surface area (Å²) < 4.78 is 31.5. The minimum atomic E-state index is -0.775. The summed E-state index contributed by atoms with van der Waals surface area (Å²) in [5.74, 6) is 0.630. The molecule has 0 spiro atoms. The molecule has 5 rings (SSSR count). The summed E-state index contributed by atoms with van der Waals surface area (Å²) in [6, 6.07) is 11.7. The van der Waals surface area contributed by atoms with Crippen LogP contribution in [-0.2, 0) is 9.53 Å². The van der Waals surface area contributed by atoms with E-state index in [4.69, 9.17) is 14.2 Å². The zero-order chi connectivity index (χ0) is 21.2. The van der Waals surface area contributed by atoms with Crippen LogP contribution < -0.4 is 14.4 Å². The fraction of sp³-hybridized carbons (Fsp3) is 0.364. The molecule has 9 heteroatoms. The number of carbonyl (C=O) groups is 1. The zero-order valence-corrected chi connectivity index (χ0v) is 17.6. The number of thiazole rings is 1. The molecular weight excluding hydrogens is 421 g/mol. The molecule has 2 aromatic carbocycles. The molecular formula is C22H22FN3O4S. The molecule has 7 nitrogen and oxygen atoms in total. The number of morpholine rings is 1. The number of anilines is 1. The monoisotopic (exact) mass is 443 g/mol. The predicted molar refractivity (Wildman–Crippen MR) is 116 cm³/mol. The van der Waals surface area contributed by atoms with Crippen LogP contribution >= 0.6 is 11.3 Å². The number of aromatic nitrogens is 1. The van der Waals surface area contributed by atoms with Gasteiger partial charge >= 0.3 is 0 Å². The zero-order valence-electron chi connectivity index (χ0n) is 16.8. The first-order valence-electron chi connectivity index (χ1n) is 10.2. The van der Waals surface area contributed by atoms with Crippen LogP contribution in [0.3, 0.4) is 0 Å². The van der Waals surface area contributed by atoms with Crippen molar-refractivity contribution in [2.24, 2.45) is 0 Å². The quantitative estimate of drug-likeness (QED) is 0.604. The van der Waals surface area contributed by atoms with Crippen LogP contribution in [0.25, 0.3) is 10.2 Å². The summed E-state index contributed by atoms with van der Waals surface area (Å²) in [5, 5.41) is 0.529. The van der Waals surface area contributed by atoms with Crippen LogP contribution in [0.5, 0.6) is 11.5 Å². The van der Waals surface area contributed by atoms with E-state index in [2.05, 4.69) is 9.88 Å². The van der Waals surface area contributed by atoms with E-state index in [9.17, 15) is 9.18 Å². The van der Waals surface area contributed by atoms with Crippen molar-refractivity contribution in [2.75, 3.05) is 50.9 Å². The minimum Gasteiger partial charge on any atom is -0.485 e. The van der Waals surface area contributed by atoms with Crippen LogP contribution in [0.1, 0.15) is 0 Å². The summed E-state index contributed by atoms with van der Waals surface area (Å²) >= 11 is 1.30. The maximum Gasteiger partial charge on any atom is 0.273 e. The topological polar surface area (TPSA) is 64.1 Å². The first-order valence-corrected chi connectivity index (χ1v) is 11.0. The standard InChI is InChI=1S/C22H22FN3O4S/c23-15-5-6-16-20(13-15)31-22(24-16)26(8-7-25-9-11-28-12-10-25)21(27)19-14-29-17-3-1-2-4-18(17)30-19/h1-6,13,19H,7-12,14H2. The van der Waals surface area contributed by atoms with Crippen LogP contribution in [-0.4, -0.2) is 67.9 Å². The Morgan fingerprint density at radius 1 is 1.19 bits per heavy atom. The van der Waals surface area contributed by atoms with E-state index in [1.54, 1.807) is 17.0 Å². The van der Waals surface area contributed by atoms with E-state index < -0.39 is 6.10 Å². The number of carbonyl (C=O) groups excluding carboxylic acids is 1. The van der Waals surface area contributed by atoms with E-state index in [1.807, 2.05) is 18.2 Å². The molecule has 3 aromatic rings. The van der Waals surface area contributed by atoms with Crippen molar-refractivity contribution < 1.29 is 23.4 Å². The molecule has 1 unspecified atom stereocenters. The number of amides is 1. The van der Waals surface area contributed by atoms with Gasteiger partial charge in [-0.15, -0.1) is 0 Å². The van der Waals surface area contributed by atoms with Crippen LogP contribution in [0, 0.1) is 5.82 Å². The van der Waals surface area contributed by atoms with Gasteiger partial charge in [-0.05, 0) is 30.3 Å². The average molecular weight is 444 g/mol. The van der Waals surface area contributed by atoms with Gasteiger partial charge in [0.1, 0.15) is 12.4 Å². The van der Waals surface area contributed by atoms with Gasteiger partial charge in [0.15, 0.2) is 16.6 Å². The van der Waals surface area contributed by atoms with E-state index >= 15 is 0 Å². The van der Waals surface area contributed by atoms with Crippen LogP contribution in [0.2, 0.25) is 0 Å². The van der Waals surface area contributed by atoms with Crippen molar-refractivity contribution in [1.82, 2.24) is 9.88 Å². The minimum absolute atomic E-state index is 0.128. The Bertz CT molecular complexity index is 1090. The number of hydrogen-bond acceptors (Lipinski definition) is 7. The fourth-order valence-corrected chi connectivity index (χ4v) is 4.70. The van der Waals surface area contributed by atoms with E-state index in [1.165, 1.54) is 23.5 Å². The second-order valence-corrected chi connectivity index (χ2v) is 8.43. The summed E-state index contributed by atoms with van der Waals surface area (Å²) in [6.45, 7) is 4.28. The van der Waals surface area contributed by atoms with Crippen molar-refractivity contribution in [3.05, 3.63) is 48.3 Å². The number of fused-ring (bicyclic) bond motifs is 2. The molecule has 1 atom stereocenters. The van der Waals surface area contributed by atoms with Gasteiger partial charge in [0.25, 0.3) is 5.91 Å². The highest BCUT2D eigenvalue weighted by Crippen LogP contribution is 2.33. The van der Waals surface area contributed by atoms with Gasteiger partial charge in [0.2, 0.25) is 6.10 Å². The summed E-state index contributed by atoms with van der Waals surface area (Å²) in [6.07, 6.45) is -0.775. The highest BCUT2D eigenvalue weighted by Gasteiger charge is 2.33. The predicted octanol–water partition coefficient (Wildman–Crippen LogP) is 2.94. The Hall–Kier alpha value is -2.75. The van der Waals surface area contributed by atoms with Gasteiger partial charge in [-0.1, -0.05) is 23.5 Å². The summed E-state index contributed by atoms with van der Waals surface area (Å²) in [5.41, 5.74) is 0.664. The lowest BCUT2D eigenvalue weighted by Crippen LogP contribution is -2.49. The molecule has 2 aliphatic heterocycles. The lowest BCUT2D eigenvalue weighted by molar-refractivity contribution is -0.127. The molecule has 0 radical (unpaired) electrons. The van der Waals surface area contributed by atoms with Crippen LogP contribution in [0.4, 0.5) is 9.52 Å². The van der Waals surface area contributed by atoms with Gasteiger partial charge in [-0.2, -0.15) is 0 Å². The Balaban J connectivity index is 1.40. The molecule has 1 aromatic heterocycles. The van der Waals surface area contributed by atoms with Crippen LogP contribution in [0.15, 0.2) is 42.5 Å². The normalized spacial score (nSPS) is 18.8. The van der Waals surface area contributed by atoms with Gasteiger partial charge in [0, 0.05) is 26.2 Å². The van der Waals surface area contributed by atoms with Gasteiger partial charge in [0.05, 0.1) is 23.4 Å². The third-order valence-electron chi connectivity index (χ3n) is 5.36. The Morgan fingerprint density at radius 2 is 2.00 bits per heavy atom. The van der Waals surface area contributed by atoms with Gasteiger partial charge in [-0.25, -0.2) is 9.37 Å². The lowest BCUT2D eigenvalue weighted by atomic mass is 10.2. The van der Waals surface area contributed by atoms with Crippen molar-refractivity contribution >= 4 is 32.6 Å². The molecule has 3 heterocycles. The number of nitrogens with zero attached hydrogens (tertiary/aromatic N) is 3. The molecule has 31 heavy (non-hydrogen) atoms. The SMILES string of the molecule is O=C(C1COc2ccccc2O1)N(CCN1CCOCC1)c1nc2ccc(F)cc2s1. The maximum atomic E-state index is 13.7. The number of halogens is 1. The Kier molecular flexibility index (Phi) is 5.71. The van der Waals surface area contributed by atoms with Crippen molar-refractivity contribution in [3.8, 4) is 11.5 Å². The molecule has 2 aliphatic rings. The van der Waals surface area contributed by atoms with Gasteiger partial charge < -0.3 is 14.2 Å².